The Kier molecular flexibility index (Phi) is 2.61. The van der Waals surface area contributed by atoms with Crippen molar-refractivity contribution in [3.8, 4) is 0 Å². The molecule has 2 nitrogen and oxygen atoms in total. The molecule has 1 heterocycles. The van der Waals surface area contributed by atoms with Gasteiger partial charge in [-0.05, 0) is 63.6 Å². The van der Waals surface area contributed by atoms with Crippen molar-refractivity contribution in [3.63, 3.8) is 0 Å². The smallest absolute Gasteiger partial charge is 0.000683 e. The van der Waals surface area contributed by atoms with Gasteiger partial charge < -0.3 is 10.6 Å². The molecule has 2 rings (SSSR count). The molecule has 13 heavy (non-hydrogen) atoms. The van der Waals surface area contributed by atoms with Crippen LogP contribution in [0, 0.1) is 11.3 Å². The highest BCUT2D eigenvalue weighted by Crippen LogP contribution is 2.50. The van der Waals surface area contributed by atoms with Gasteiger partial charge in [-0.25, -0.2) is 0 Å². The van der Waals surface area contributed by atoms with Crippen molar-refractivity contribution in [2.45, 2.75) is 32.1 Å². The van der Waals surface area contributed by atoms with Gasteiger partial charge in [0.05, 0.1) is 0 Å². The summed E-state index contributed by atoms with van der Waals surface area (Å²) in [5, 5.41) is 0. The van der Waals surface area contributed by atoms with Gasteiger partial charge in [-0.15, -0.1) is 0 Å². The maximum Gasteiger partial charge on any atom is 0.000683 e. The van der Waals surface area contributed by atoms with Crippen molar-refractivity contribution in [3.05, 3.63) is 0 Å². The molecule has 2 aliphatic rings. The average Bonchev–Trinajstić information content (AvgIpc) is 2.86. The monoisotopic (exact) mass is 182 g/mol. The van der Waals surface area contributed by atoms with Gasteiger partial charge in [-0.1, -0.05) is 0 Å². The number of hydrogen-bond acceptors (Lipinski definition) is 2. The number of piperidine rings is 1. The van der Waals surface area contributed by atoms with Gasteiger partial charge in [0.25, 0.3) is 0 Å². The minimum atomic E-state index is 0.586. The molecule has 2 N–H and O–H groups in total. The minimum absolute atomic E-state index is 0.586. The molecule has 0 aromatic carbocycles. The van der Waals surface area contributed by atoms with Crippen molar-refractivity contribution >= 4 is 0 Å². The van der Waals surface area contributed by atoms with Crippen molar-refractivity contribution in [2.75, 3.05) is 26.7 Å². The van der Waals surface area contributed by atoms with Crippen LogP contribution in [0.4, 0.5) is 0 Å². The first-order valence-corrected chi connectivity index (χ1v) is 5.63. The highest BCUT2D eigenvalue weighted by molar-refractivity contribution is 4.96. The van der Waals surface area contributed by atoms with Crippen LogP contribution in [0.1, 0.15) is 32.1 Å². The summed E-state index contributed by atoms with van der Waals surface area (Å²) in [6.45, 7) is 3.53. The summed E-state index contributed by atoms with van der Waals surface area (Å²) < 4.78 is 0. The van der Waals surface area contributed by atoms with Crippen molar-refractivity contribution in [2.24, 2.45) is 17.1 Å². The van der Waals surface area contributed by atoms with Crippen LogP contribution in [0.25, 0.3) is 0 Å². The lowest BCUT2D eigenvalue weighted by atomic mass is 9.86. The molecule has 0 radical (unpaired) electrons. The van der Waals surface area contributed by atoms with Crippen LogP contribution in [0.15, 0.2) is 0 Å². The summed E-state index contributed by atoms with van der Waals surface area (Å²) in [7, 11) is 2.24. The second-order valence-electron chi connectivity index (χ2n) is 5.18. The molecule has 1 saturated heterocycles. The molecule has 2 fully saturated rings. The molecule has 1 atom stereocenters. The first-order valence-electron chi connectivity index (χ1n) is 5.63. The van der Waals surface area contributed by atoms with Gasteiger partial charge >= 0.3 is 0 Å². The molecule has 76 valence electrons. The molecular formula is C11H22N2. The third-order valence-electron chi connectivity index (χ3n) is 3.83. The molecule has 0 amide bonds. The fourth-order valence-electron chi connectivity index (χ4n) is 2.72. The summed E-state index contributed by atoms with van der Waals surface area (Å²) in [6.07, 6.45) is 7.01. The Hall–Kier alpha value is -0.0800. The van der Waals surface area contributed by atoms with Crippen LogP contribution in [-0.4, -0.2) is 31.6 Å². The summed E-state index contributed by atoms with van der Waals surface area (Å²) in [4.78, 5) is 2.47. The summed E-state index contributed by atoms with van der Waals surface area (Å²) >= 11 is 0. The Morgan fingerprint density at radius 2 is 2.23 bits per heavy atom. The van der Waals surface area contributed by atoms with Crippen molar-refractivity contribution in [1.29, 1.82) is 0 Å². The number of hydrogen-bond donors (Lipinski definition) is 1. The lowest BCUT2D eigenvalue weighted by molar-refractivity contribution is 0.180. The van der Waals surface area contributed by atoms with E-state index in [1.807, 2.05) is 0 Å². The van der Waals surface area contributed by atoms with E-state index >= 15 is 0 Å². The van der Waals surface area contributed by atoms with Crippen molar-refractivity contribution < 1.29 is 0 Å². The largest absolute Gasteiger partial charge is 0.330 e. The van der Waals surface area contributed by atoms with E-state index in [1.54, 1.807) is 0 Å². The number of nitrogens with zero attached hydrogens (tertiary/aromatic N) is 1. The molecule has 1 aliphatic carbocycles. The zero-order chi connectivity index (χ0) is 9.31. The lowest BCUT2D eigenvalue weighted by Gasteiger charge is -2.31. The second-order valence-corrected chi connectivity index (χ2v) is 5.18. The Labute approximate surface area is 81.5 Å². The van der Waals surface area contributed by atoms with E-state index in [2.05, 4.69) is 11.9 Å². The van der Waals surface area contributed by atoms with Gasteiger partial charge in [-0.2, -0.15) is 0 Å². The number of rotatable bonds is 3. The van der Waals surface area contributed by atoms with E-state index in [9.17, 15) is 0 Å². The Morgan fingerprint density at radius 3 is 2.77 bits per heavy atom. The molecule has 0 spiro atoms. The Balaban J connectivity index is 1.80. The lowest BCUT2D eigenvalue weighted by Crippen LogP contribution is -2.34. The van der Waals surface area contributed by atoms with Crippen LogP contribution in [0.2, 0.25) is 0 Å². The van der Waals surface area contributed by atoms with Crippen LogP contribution in [0.3, 0.4) is 0 Å². The SMILES string of the molecule is CN1CCCC(CC2(CN)CC2)C1. The van der Waals surface area contributed by atoms with Gasteiger partial charge in [0, 0.05) is 6.54 Å². The Morgan fingerprint density at radius 1 is 1.46 bits per heavy atom. The summed E-state index contributed by atoms with van der Waals surface area (Å²) in [5.74, 6) is 0.935. The molecule has 1 unspecified atom stereocenters. The summed E-state index contributed by atoms with van der Waals surface area (Å²) in [6, 6.07) is 0. The second kappa shape index (κ2) is 3.58. The van der Waals surface area contributed by atoms with E-state index in [1.165, 1.54) is 45.2 Å². The van der Waals surface area contributed by atoms with E-state index in [-0.39, 0.29) is 0 Å². The average molecular weight is 182 g/mol. The normalized spacial score (nSPS) is 33.2. The fraction of sp³-hybridized carbons (Fsp3) is 1.00. The Bertz CT molecular complexity index is 175. The van der Waals surface area contributed by atoms with Crippen LogP contribution in [-0.2, 0) is 0 Å². The molecule has 1 saturated carbocycles. The van der Waals surface area contributed by atoms with Gasteiger partial charge in [-0.3, -0.25) is 0 Å². The van der Waals surface area contributed by atoms with Crippen LogP contribution >= 0.6 is 0 Å². The molecular weight excluding hydrogens is 160 g/mol. The zero-order valence-corrected chi connectivity index (χ0v) is 8.76. The van der Waals surface area contributed by atoms with Gasteiger partial charge in [0.2, 0.25) is 0 Å². The molecule has 0 aromatic rings. The molecule has 0 bridgehead atoms. The molecule has 2 heteroatoms. The number of likely N-dealkylation sites (tertiary alicyclic amines) is 1. The first kappa shape index (κ1) is 9.47. The topological polar surface area (TPSA) is 29.3 Å². The van der Waals surface area contributed by atoms with Gasteiger partial charge in [0.1, 0.15) is 0 Å². The van der Waals surface area contributed by atoms with E-state index in [4.69, 9.17) is 5.73 Å². The van der Waals surface area contributed by atoms with E-state index in [0.717, 1.165) is 12.5 Å². The van der Waals surface area contributed by atoms with E-state index in [0.29, 0.717) is 5.41 Å². The van der Waals surface area contributed by atoms with Crippen molar-refractivity contribution in [1.82, 2.24) is 4.90 Å². The standard InChI is InChI=1S/C11H22N2/c1-13-6-2-3-10(8-13)7-11(9-12)4-5-11/h10H,2-9,12H2,1H3. The highest BCUT2D eigenvalue weighted by Gasteiger charge is 2.42. The molecule has 1 aliphatic heterocycles. The van der Waals surface area contributed by atoms with Gasteiger partial charge in [0.15, 0.2) is 0 Å². The highest BCUT2D eigenvalue weighted by atomic mass is 15.1. The maximum atomic E-state index is 5.81. The third kappa shape index (κ3) is 2.23. The predicted molar refractivity (Wildman–Crippen MR) is 55.6 cm³/mol. The quantitative estimate of drug-likeness (QED) is 0.716. The number of nitrogens with two attached hydrogens (primary N) is 1. The fourth-order valence-corrected chi connectivity index (χ4v) is 2.72. The summed E-state index contributed by atoms with van der Waals surface area (Å²) in [5.41, 5.74) is 6.39. The zero-order valence-electron chi connectivity index (χ0n) is 8.76. The first-order chi connectivity index (χ1) is 6.24. The predicted octanol–water partition coefficient (Wildman–Crippen LogP) is 1.46. The van der Waals surface area contributed by atoms with Crippen LogP contribution < -0.4 is 5.73 Å². The maximum absolute atomic E-state index is 5.81. The molecule has 0 aromatic heterocycles. The van der Waals surface area contributed by atoms with Crippen LogP contribution in [0.5, 0.6) is 0 Å². The minimum Gasteiger partial charge on any atom is -0.330 e. The third-order valence-corrected chi connectivity index (χ3v) is 3.83. The van der Waals surface area contributed by atoms with E-state index < -0.39 is 0 Å².